The van der Waals surface area contributed by atoms with Crippen molar-refractivity contribution in [3.63, 3.8) is 0 Å². The zero-order valence-electron chi connectivity index (χ0n) is 16.1. The van der Waals surface area contributed by atoms with Gasteiger partial charge in [0.15, 0.2) is 5.82 Å². The fourth-order valence-corrected chi connectivity index (χ4v) is 4.52. The summed E-state index contributed by atoms with van der Waals surface area (Å²) >= 11 is 1.58. The molecule has 0 atom stereocenters. The first-order chi connectivity index (χ1) is 14.6. The molecule has 0 aliphatic carbocycles. The van der Waals surface area contributed by atoms with E-state index in [2.05, 4.69) is 16.3 Å². The van der Waals surface area contributed by atoms with Crippen molar-refractivity contribution >= 4 is 21.6 Å². The zero-order chi connectivity index (χ0) is 20.7. The summed E-state index contributed by atoms with van der Waals surface area (Å²) in [6.07, 6.45) is 1.60. The molecule has 0 aliphatic heterocycles. The van der Waals surface area contributed by atoms with Gasteiger partial charge in [0.2, 0.25) is 0 Å². The zero-order valence-corrected chi connectivity index (χ0v) is 16.9. The standard InChI is InChI=1S/C23H17FN4OS/c1-28-13-25-27-22(28)19-11-17(24)6-7-18(19)15-3-2-4-16(10-15)23-26-20-8-5-14(12-29)9-21(20)30-23/h2-11,13,29H,12H2,1H3. The Balaban J connectivity index is 1.62. The van der Waals surface area contributed by atoms with E-state index in [-0.39, 0.29) is 12.4 Å². The normalized spacial score (nSPS) is 11.3. The first kappa shape index (κ1) is 18.6. The largest absolute Gasteiger partial charge is 0.392 e. The van der Waals surface area contributed by atoms with Gasteiger partial charge in [-0.15, -0.1) is 21.5 Å². The number of fused-ring (bicyclic) bond motifs is 1. The number of aromatic nitrogens is 4. The highest BCUT2D eigenvalue weighted by Gasteiger charge is 2.15. The smallest absolute Gasteiger partial charge is 0.164 e. The van der Waals surface area contributed by atoms with Crippen LogP contribution < -0.4 is 0 Å². The Hall–Kier alpha value is -3.42. The number of halogens is 1. The van der Waals surface area contributed by atoms with Crippen LogP contribution in [-0.4, -0.2) is 24.9 Å². The van der Waals surface area contributed by atoms with Crippen molar-refractivity contribution in [2.45, 2.75) is 6.61 Å². The first-order valence-corrected chi connectivity index (χ1v) is 10.2. The average molecular weight is 416 g/mol. The highest BCUT2D eigenvalue weighted by atomic mass is 32.1. The number of nitrogens with zero attached hydrogens (tertiary/aromatic N) is 4. The lowest BCUT2D eigenvalue weighted by Crippen LogP contribution is -1.95. The predicted octanol–water partition coefficient (Wildman–Crippen LogP) is 5.06. The number of aliphatic hydroxyl groups excluding tert-OH is 1. The molecule has 0 saturated heterocycles. The van der Waals surface area contributed by atoms with Crippen molar-refractivity contribution in [3.05, 3.63) is 78.4 Å². The molecule has 0 saturated carbocycles. The molecule has 5 rings (SSSR count). The summed E-state index contributed by atoms with van der Waals surface area (Å²) in [6, 6.07) is 18.5. The molecule has 0 radical (unpaired) electrons. The van der Waals surface area contributed by atoms with Crippen LogP contribution in [0.5, 0.6) is 0 Å². The van der Waals surface area contributed by atoms with Gasteiger partial charge in [0.25, 0.3) is 0 Å². The maximum atomic E-state index is 14.0. The summed E-state index contributed by atoms with van der Waals surface area (Å²) in [5.74, 6) is 0.283. The first-order valence-electron chi connectivity index (χ1n) is 9.37. The Morgan fingerprint density at radius 3 is 2.67 bits per heavy atom. The minimum absolute atomic E-state index is 0.00799. The van der Waals surface area contributed by atoms with Crippen molar-refractivity contribution < 1.29 is 9.50 Å². The van der Waals surface area contributed by atoms with Gasteiger partial charge in [-0.3, -0.25) is 0 Å². The molecule has 0 fully saturated rings. The molecule has 148 valence electrons. The Morgan fingerprint density at radius 2 is 1.87 bits per heavy atom. The topological polar surface area (TPSA) is 63.8 Å². The van der Waals surface area contributed by atoms with E-state index in [1.807, 2.05) is 43.4 Å². The molecule has 5 nitrogen and oxygen atoms in total. The van der Waals surface area contributed by atoms with Crippen LogP contribution in [0.4, 0.5) is 4.39 Å². The van der Waals surface area contributed by atoms with Crippen molar-refractivity contribution in [2.24, 2.45) is 7.05 Å². The number of hydrogen-bond donors (Lipinski definition) is 1. The number of rotatable bonds is 4. The van der Waals surface area contributed by atoms with E-state index in [0.29, 0.717) is 11.4 Å². The summed E-state index contributed by atoms with van der Waals surface area (Å²) < 4.78 is 16.8. The second-order valence-electron chi connectivity index (χ2n) is 7.02. The monoisotopic (exact) mass is 416 g/mol. The molecule has 0 spiro atoms. The number of aliphatic hydroxyl groups is 1. The lowest BCUT2D eigenvalue weighted by atomic mass is 9.97. The molecule has 2 aromatic heterocycles. The van der Waals surface area contributed by atoms with E-state index in [9.17, 15) is 9.50 Å². The van der Waals surface area contributed by atoms with Crippen LogP contribution in [0.1, 0.15) is 5.56 Å². The van der Waals surface area contributed by atoms with Gasteiger partial charge in [-0.2, -0.15) is 0 Å². The van der Waals surface area contributed by atoms with E-state index in [1.54, 1.807) is 28.3 Å². The predicted molar refractivity (Wildman–Crippen MR) is 116 cm³/mol. The lowest BCUT2D eigenvalue weighted by Gasteiger charge is -2.10. The van der Waals surface area contributed by atoms with Gasteiger partial charge in [0.1, 0.15) is 17.2 Å². The summed E-state index contributed by atoms with van der Waals surface area (Å²) in [6.45, 7) is 0.00799. The van der Waals surface area contributed by atoms with Crippen LogP contribution in [0.3, 0.4) is 0 Å². The molecule has 0 aliphatic rings. The van der Waals surface area contributed by atoms with Crippen LogP contribution in [-0.2, 0) is 13.7 Å². The van der Waals surface area contributed by atoms with Crippen LogP contribution >= 0.6 is 11.3 Å². The second-order valence-corrected chi connectivity index (χ2v) is 8.05. The number of hydrogen-bond acceptors (Lipinski definition) is 5. The summed E-state index contributed by atoms with van der Waals surface area (Å²) in [4.78, 5) is 4.74. The summed E-state index contributed by atoms with van der Waals surface area (Å²) in [5, 5.41) is 18.4. The van der Waals surface area contributed by atoms with Crippen LogP contribution in [0.25, 0.3) is 43.3 Å². The fourth-order valence-electron chi connectivity index (χ4n) is 3.49. The van der Waals surface area contributed by atoms with E-state index in [4.69, 9.17) is 4.98 Å². The number of benzene rings is 3. The third-order valence-electron chi connectivity index (χ3n) is 4.99. The Bertz CT molecular complexity index is 1370. The van der Waals surface area contributed by atoms with Gasteiger partial charge in [-0.1, -0.05) is 30.3 Å². The molecule has 7 heteroatoms. The van der Waals surface area contributed by atoms with E-state index >= 15 is 0 Å². The molecule has 0 unspecified atom stereocenters. The van der Waals surface area contributed by atoms with Gasteiger partial charge < -0.3 is 9.67 Å². The number of aryl methyl sites for hydroxylation is 1. The van der Waals surface area contributed by atoms with Gasteiger partial charge in [-0.25, -0.2) is 9.37 Å². The molecule has 2 heterocycles. The van der Waals surface area contributed by atoms with Crippen molar-refractivity contribution in [3.8, 4) is 33.1 Å². The van der Waals surface area contributed by atoms with Gasteiger partial charge >= 0.3 is 0 Å². The summed E-state index contributed by atoms with van der Waals surface area (Å²) in [5.41, 5.74) is 5.25. The third kappa shape index (κ3) is 3.28. The minimum atomic E-state index is -0.321. The lowest BCUT2D eigenvalue weighted by molar-refractivity contribution is 0.282. The van der Waals surface area contributed by atoms with Crippen LogP contribution in [0, 0.1) is 5.82 Å². The molecule has 0 amide bonds. The minimum Gasteiger partial charge on any atom is -0.392 e. The Kier molecular flexibility index (Phi) is 4.61. The molecule has 1 N–H and O–H groups in total. The van der Waals surface area contributed by atoms with Crippen molar-refractivity contribution in [2.75, 3.05) is 0 Å². The Labute approximate surface area is 176 Å². The van der Waals surface area contributed by atoms with Crippen molar-refractivity contribution in [1.82, 2.24) is 19.7 Å². The van der Waals surface area contributed by atoms with Crippen LogP contribution in [0.2, 0.25) is 0 Å². The molecular weight excluding hydrogens is 399 g/mol. The Morgan fingerprint density at radius 1 is 1.00 bits per heavy atom. The van der Waals surface area contributed by atoms with Gasteiger partial charge in [0, 0.05) is 18.2 Å². The van der Waals surface area contributed by atoms with E-state index in [0.717, 1.165) is 37.5 Å². The fraction of sp³-hybridized carbons (Fsp3) is 0.0870. The SMILES string of the molecule is Cn1cnnc1-c1cc(F)ccc1-c1cccc(-c2nc3ccc(CO)cc3s2)c1. The maximum Gasteiger partial charge on any atom is 0.164 e. The summed E-state index contributed by atoms with van der Waals surface area (Å²) in [7, 11) is 1.84. The van der Waals surface area contributed by atoms with Crippen molar-refractivity contribution in [1.29, 1.82) is 0 Å². The molecule has 3 aromatic carbocycles. The molecule has 5 aromatic rings. The molecule has 0 bridgehead atoms. The second kappa shape index (κ2) is 7.44. The van der Waals surface area contributed by atoms with Gasteiger partial charge in [-0.05, 0) is 47.0 Å². The number of thiazole rings is 1. The maximum absolute atomic E-state index is 14.0. The van der Waals surface area contributed by atoms with E-state index < -0.39 is 0 Å². The highest BCUT2D eigenvalue weighted by Crippen LogP contribution is 2.36. The quantitative estimate of drug-likeness (QED) is 0.445. The molecule has 30 heavy (non-hydrogen) atoms. The average Bonchev–Trinajstić information content (AvgIpc) is 3.39. The van der Waals surface area contributed by atoms with E-state index in [1.165, 1.54) is 12.1 Å². The van der Waals surface area contributed by atoms with Gasteiger partial charge in [0.05, 0.1) is 16.8 Å². The third-order valence-corrected chi connectivity index (χ3v) is 6.06. The molecular formula is C23H17FN4OS. The van der Waals surface area contributed by atoms with Crippen LogP contribution in [0.15, 0.2) is 67.0 Å². The highest BCUT2D eigenvalue weighted by molar-refractivity contribution is 7.21.